The number of piperidine rings is 1. The Kier molecular flexibility index (Phi) is 5.78. The van der Waals surface area contributed by atoms with E-state index in [0.717, 1.165) is 24.5 Å². The average Bonchev–Trinajstić information content (AvgIpc) is 2.76. The molecule has 0 aromatic heterocycles. The molecular formula is C22H23F2NO4. The van der Waals surface area contributed by atoms with Gasteiger partial charge in [0.1, 0.15) is 12.7 Å². The quantitative estimate of drug-likeness (QED) is 0.778. The van der Waals surface area contributed by atoms with Crippen LogP contribution < -0.4 is 9.47 Å². The number of rotatable bonds is 5. The highest BCUT2D eigenvalue weighted by atomic mass is 19.2. The van der Waals surface area contributed by atoms with Crippen LogP contribution in [-0.4, -0.2) is 54.2 Å². The molecule has 5 nitrogen and oxygen atoms in total. The number of Topliss-reactive ketones (excluding diaryl/α,β-unsaturated/α-hetero) is 1. The zero-order valence-electron chi connectivity index (χ0n) is 15.9. The van der Waals surface area contributed by atoms with Crippen LogP contribution >= 0.6 is 0 Å². The van der Waals surface area contributed by atoms with Crippen molar-refractivity contribution < 1.29 is 28.2 Å². The maximum Gasteiger partial charge on any atom is 0.204 e. The number of nitrogens with zero attached hydrogens (tertiary/aromatic N) is 1. The molecule has 1 fully saturated rings. The van der Waals surface area contributed by atoms with Gasteiger partial charge in [0.25, 0.3) is 0 Å². The fourth-order valence-corrected chi connectivity index (χ4v) is 3.89. The number of likely N-dealkylation sites (tertiary alicyclic amines) is 1. The average molecular weight is 403 g/mol. The molecule has 2 aliphatic heterocycles. The summed E-state index contributed by atoms with van der Waals surface area (Å²) >= 11 is 0. The Morgan fingerprint density at radius 3 is 2.59 bits per heavy atom. The van der Waals surface area contributed by atoms with Crippen LogP contribution in [0.5, 0.6) is 11.5 Å². The van der Waals surface area contributed by atoms with Gasteiger partial charge in [-0.05, 0) is 38.1 Å². The highest BCUT2D eigenvalue weighted by Gasteiger charge is 2.33. The molecule has 1 saturated heterocycles. The smallest absolute Gasteiger partial charge is 0.204 e. The third-order valence-electron chi connectivity index (χ3n) is 5.58. The van der Waals surface area contributed by atoms with E-state index in [-0.39, 0.29) is 29.8 Å². The zero-order valence-corrected chi connectivity index (χ0v) is 15.9. The summed E-state index contributed by atoms with van der Waals surface area (Å²) < 4.78 is 37.9. The van der Waals surface area contributed by atoms with Crippen LogP contribution in [0.25, 0.3) is 0 Å². The molecule has 0 unspecified atom stereocenters. The molecule has 0 spiro atoms. The first-order chi connectivity index (χ1) is 14.0. The molecule has 2 aliphatic rings. The number of aliphatic hydroxyl groups is 1. The van der Waals surface area contributed by atoms with E-state index >= 15 is 0 Å². The molecule has 154 valence electrons. The number of carbonyl (C=O) groups is 1. The molecule has 0 saturated carbocycles. The van der Waals surface area contributed by atoms with Gasteiger partial charge in [-0.15, -0.1) is 0 Å². The molecular weight excluding hydrogens is 380 g/mol. The Balaban J connectivity index is 1.29. The van der Waals surface area contributed by atoms with Gasteiger partial charge in [-0.25, -0.2) is 4.39 Å². The number of halogens is 2. The van der Waals surface area contributed by atoms with Gasteiger partial charge in [0, 0.05) is 18.0 Å². The van der Waals surface area contributed by atoms with E-state index in [1.54, 1.807) is 0 Å². The highest BCUT2D eigenvalue weighted by Crippen LogP contribution is 2.36. The lowest BCUT2D eigenvalue weighted by molar-refractivity contribution is -0.0302. The maximum absolute atomic E-state index is 13.7. The first-order valence-electron chi connectivity index (χ1n) is 9.80. The molecule has 0 radical (unpaired) electrons. The second kappa shape index (κ2) is 8.47. The van der Waals surface area contributed by atoms with Crippen molar-refractivity contribution in [1.82, 2.24) is 4.90 Å². The van der Waals surface area contributed by atoms with Crippen LogP contribution in [0.4, 0.5) is 8.78 Å². The van der Waals surface area contributed by atoms with Crippen molar-refractivity contribution >= 4 is 5.78 Å². The zero-order chi connectivity index (χ0) is 20.4. The van der Waals surface area contributed by atoms with Gasteiger partial charge >= 0.3 is 0 Å². The number of ether oxygens (including phenoxy) is 2. The summed E-state index contributed by atoms with van der Waals surface area (Å²) in [5.74, 6) is -2.09. The number of aliphatic hydroxyl groups excluding tert-OH is 1. The van der Waals surface area contributed by atoms with Crippen molar-refractivity contribution in [2.45, 2.75) is 25.0 Å². The fraction of sp³-hybridized carbons (Fsp3) is 0.409. The van der Waals surface area contributed by atoms with E-state index in [2.05, 4.69) is 4.90 Å². The molecule has 2 atom stereocenters. The standard InChI is InChI=1S/C22H23F2NO4/c23-16-6-7-18-22(20(16)24)28-13-19(29-18)17(26)12-25-10-8-15(9-11-25)21(27)14-4-2-1-3-5-14/h1-7,15,17,19,26H,8-13H2/t17-,19-/m0/s1. The van der Waals surface area contributed by atoms with Crippen LogP contribution in [0, 0.1) is 17.6 Å². The summed E-state index contributed by atoms with van der Waals surface area (Å²) in [4.78, 5) is 14.7. The third-order valence-corrected chi connectivity index (χ3v) is 5.58. The van der Waals surface area contributed by atoms with Crippen molar-refractivity contribution in [2.75, 3.05) is 26.2 Å². The number of carbonyl (C=O) groups excluding carboxylic acids is 1. The summed E-state index contributed by atoms with van der Waals surface area (Å²) in [6, 6.07) is 11.6. The van der Waals surface area contributed by atoms with Crippen LogP contribution in [0.2, 0.25) is 0 Å². The Bertz CT molecular complexity index is 869. The predicted molar refractivity (Wildman–Crippen MR) is 102 cm³/mol. The highest BCUT2D eigenvalue weighted by molar-refractivity contribution is 5.97. The summed E-state index contributed by atoms with van der Waals surface area (Å²) in [6.45, 7) is 1.70. The van der Waals surface area contributed by atoms with Crippen molar-refractivity contribution in [2.24, 2.45) is 5.92 Å². The number of ketones is 1. The molecule has 4 rings (SSSR count). The fourth-order valence-electron chi connectivity index (χ4n) is 3.89. The largest absolute Gasteiger partial charge is 0.483 e. The van der Waals surface area contributed by atoms with Crippen LogP contribution in [0.3, 0.4) is 0 Å². The van der Waals surface area contributed by atoms with Gasteiger partial charge in [-0.2, -0.15) is 4.39 Å². The van der Waals surface area contributed by atoms with Crippen LogP contribution in [0.1, 0.15) is 23.2 Å². The van der Waals surface area contributed by atoms with Crippen molar-refractivity contribution in [3.63, 3.8) is 0 Å². The Morgan fingerprint density at radius 1 is 1.14 bits per heavy atom. The lowest BCUT2D eigenvalue weighted by Crippen LogP contribution is -2.48. The molecule has 2 aromatic rings. The molecule has 2 heterocycles. The molecule has 0 amide bonds. The van der Waals surface area contributed by atoms with Gasteiger partial charge in [0.2, 0.25) is 5.82 Å². The van der Waals surface area contributed by atoms with E-state index < -0.39 is 23.8 Å². The Hall–Kier alpha value is -2.51. The lowest BCUT2D eigenvalue weighted by atomic mass is 9.89. The van der Waals surface area contributed by atoms with Gasteiger partial charge in [0.05, 0.1) is 0 Å². The lowest BCUT2D eigenvalue weighted by Gasteiger charge is -2.35. The first kappa shape index (κ1) is 19.8. The number of β-amino-alcohol motifs (C(OH)–C–C–N with tert-alkyl or cyclic N) is 1. The maximum atomic E-state index is 13.7. The van der Waals surface area contributed by atoms with Crippen molar-refractivity contribution in [1.29, 1.82) is 0 Å². The third kappa shape index (κ3) is 4.26. The number of hydrogen-bond donors (Lipinski definition) is 1. The minimum atomic E-state index is -1.08. The topological polar surface area (TPSA) is 59.0 Å². The van der Waals surface area contributed by atoms with Crippen LogP contribution in [-0.2, 0) is 0 Å². The van der Waals surface area contributed by atoms with E-state index in [1.807, 2.05) is 30.3 Å². The van der Waals surface area contributed by atoms with Gasteiger partial charge < -0.3 is 19.5 Å². The number of fused-ring (bicyclic) bond motifs is 1. The Morgan fingerprint density at radius 2 is 1.86 bits per heavy atom. The summed E-state index contributed by atoms with van der Waals surface area (Å²) in [5.41, 5.74) is 0.737. The van der Waals surface area contributed by atoms with Gasteiger partial charge in [-0.3, -0.25) is 4.79 Å². The first-order valence-corrected chi connectivity index (χ1v) is 9.80. The SMILES string of the molecule is O=C(c1ccccc1)C1CCN(C[C@H](O)[C@@H]2COc3c(ccc(F)c3F)O2)CC1. The van der Waals surface area contributed by atoms with Crippen LogP contribution in [0.15, 0.2) is 42.5 Å². The molecule has 29 heavy (non-hydrogen) atoms. The summed E-state index contributed by atoms with van der Waals surface area (Å²) in [7, 11) is 0. The molecule has 2 aromatic carbocycles. The second-order valence-electron chi connectivity index (χ2n) is 7.53. The normalized spacial score (nSPS) is 21.0. The van der Waals surface area contributed by atoms with E-state index in [9.17, 15) is 18.7 Å². The summed E-state index contributed by atoms with van der Waals surface area (Å²) in [5, 5.41) is 10.5. The van der Waals surface area contributed by atoms with E-state index in [1.165, 1.54) is 6.07 Å². The molecule has 0 aliphatic carbocycles. The molecule has 0 bridgehead atoms. The van der Waals surface area contributed by atoms with Crippen molar-refractivity contribution in [3.8, 4) is 11.5 Å². The molecule has 1 N–H and O–H groups in total. The predicted octanol–water partition coefficient (Wildman–Crippen LogP) is 3.06. The van der Waals surface area contributed by atoms with Crippen molar-refractivity contribution in [3.05, 3.63) is 59.7 Å². The molecule has 7 heteroatoms. The number of hydrogen-bond acceptors (Lipinski definition) is 5. The van der Waals surface area contributed by atoms with Gasteiger partial charge in [0.15, 0.2) is 29.2 Å². The summed E-state index contributed by atoms with van der Waals surface area (Å²) in [6.07, 6.45) is -0.0559. The monoisotopic (exact) mass is 403 g/mol. The van der Waals surface area contributed by atoms with E-state index in [4.69, 9.17) is 9.47 Å². The van der Waals surface area contributed by atoms with Gasteiger partial charge in [-0.1, -0.05) is 30.3 Å². The minimum absolute atomic E-state index is 0.00944. The Labute approximate surface area is 167 Å². The minimum Gasteiger partial charge on any atom is -0.483 e. The second-order valence-corrected chi connectivity index (χ2v) is 7.53. The van der Waals surface area contributed by atoms with E-state index in [0.29, 0.717) is 19.6 Å². The number of benzene rings is 2.